The van der Waals surface area contributed by atoms with E-state index in [0.29, 0.717) is 0 Å². The van der Waals surface area contributed by atoms with Gasteiger partial charge in [-0.15, -0.1) is 0 Å². The molecule has 0 aromatic carbocycles. The molecule has 88 valence electrons. The van der Waals surface area contributed by atoms with Crippen LogP contribution in [0.15, 0.2) is 12.2 Å². The summed E-state index contributed by atoms with van der Waals surface area (Å²) in [7, 11) is 0. The minimum atomic E-state index is -0.640. The summed E-state index contributed by atoms with van der Waals surface area (Å²) in [5, 5.41) is 9.55. The molecule has 0 rings (SSSR count). The third kappa shape index (κ3) is 8.18. The SMILES string of the molecule is CCCCC(O)C=CC(C)(C)OC(C)=O. The monoisotopic (exact) mass is 214 g/mol. The van der Waals surface area contributed by atoms with Crippen molar-refractivity contribution in [2.45, 2.75) is 58.7 Å². The van der Waals surface area contributed by atoms with Crippen LogP contribution in [0.5, 0.6) is 0 Å². The Morgan fingerprint density at radius 1 is 1.53 bits per heavy atom. The van der Waals surface area contributed by atoms with Crippen LogP contribution in [0.25, 0.3) is 0 Å². The lowest BCUT2D eigenvalue weighted by molar-refractivity contribution is -0.149. The number of aliphatic hydroxyl groups is 1. The van der Waals surface area contributed by atoms with Gasteiger partial charge in [0.1, 0.15) is 5.60 Å². The Balaban J connectivity index is 4.06. The number of esters is 1. The van der Waals surface area contributed by atoms with Gasteiger partial charge in [0.2, 0.25) is 0 Å². The topological polar surface area (TPSA) is 46.5 Å². The fourth-order valence-electron chi connectivity index (χ4n) is 1.26. The van der Waals surface area contributed by atoms with Crippen LogP contribution >= 0.6 is 0 Å². The minimum Gasteiger partial charge on any atom is -0.456 e. The standard InChI is InChI=1S/C12H22O3/c1-5-6-7-11(14)8-9-12(3,4)15-10(2)13/h8-9,11,14H,5-7H2,1-4H3. The first-order valence-electron chi connectivity index (χ1n) is 5.44. The zero-order valence-corrected chi connectivity index (χ0v) is 10.1. The highest BCUT2D eigenvalue weighted by Gasteiger charge is 2.17. The fraction of sp³-hybridized carbons (Fsp3) is 0.750. The second-order valence-corrected chi connectivity index (χ2v) is 4.27. The van der Waals surface area contributed by atoms with Crippen molar-refractivity contribution < 1.29 is 14.6 Å². The predicted molar refractivity (Wildman–Crippen MR) is 60.5 cm³/mol. The van der Waals surface area contributed by atoms with Crippen molar-refractivity contribution in [2.24, 2.45) is 0 Å². The minimum absolute atomic E-state index is 0.312. The summed E-state index contributed by atoms with van der Waals surface area (Å²) >= 11 is 0. The van der Waals surface area contributed by atoms with E-state index in [2.05, 4.69) is 6.92 Å². The van der Waals surface area contributed by atoms with Crippen LogP contribution in [0.4, 0.5) is 0 Å². The Hall–Kier alpha value is -0.830. The van der Waals surface area contributed by atoms with Crippen LogP contribution in [-0.4, -0.2) is 22.8 Å². The Morgan fingerprint density at radius 3 is 2.60 bits per heavy atom. The molecule has 0 heterocycles. The van der Waals surface area contributed by atoms with Crippen molar-refractivity contribution in [2.75, 3.05) is 0 Å². The first-order valence-corrected chi connectivity index (χ1v) is 5.44. The Labute approximate surface area is 92.1 Å². The van der Waals surface area contributed by atoms with Gasteiger partial charge >= 0.3 is 5.97 Å². The van der Waals surface area contributed by atoms with Crippen LogP contribution in [0.3, 0.4) is 0 Å². The van der Waals surface area contributed by atoms with Crippen molar-refractivity contribution in [3.8, 4) is 0 Å². The van der Waals surface area contributed by atoms with E-state index in [1.807, 2.05) is 0 Å². The van der Waals surface area contributed by atoms with Gasteiger partial charge in [0, 0.05) is 6.92 Å². The van der Waals surface area contributed by atoms with E-state index in [0.717, 1.165) is 19.3 Å². The lowest BCUT2D eigenvalue weighted by Crippen LogP contribution is -2.24. The molecule has 0 fully saturated rings. The fourth-order valence-corrected chi connectivity index (χ4v) is 1.26. The highest BCUT2D eigenvalue weighted by Crippen LogP contribution is 2.12. The number of unbranched alkanes of at least 4 members (excludes halogenated alkanes) is 1. The molecule has 3 nitrogen and oxygen atoms in total. The van der Waals surface area contributed by atoms with Crippen LogP contribution in [0.1, 0.15) is 47.0 Å². The quantitative estimate of drug-likeness (QED) is 0.545. The largest absolute Gasteiger partial charge is 0.456 e. The summed E-state index contributed by atoms with van der Waals surface area (Å²) in [6, 6.07) is 0. The molecule has 0 aliphatic rings. The highest BCUT2D eigenvalue weighted by atomic mass is 16.6. The van der Waals surface area contributed by atoms with Crippen molar-refractivity contribution in [3.63, 3.8) is 0 Å². The first kappa shape index (κ1) is 14.2. The van der Waals surface area contributed by atoms with E-state index in [9.17, 15) is 9.90 Å². The number of hydrogen-bond acceptors (Lipinski definition) is 3. The number of ether oxygens (including phenoxy) is 1. The van der Waals surface area contributed by atoms with Gasteiger partial charge in [-0.25, -0.2) is 0 Å². The molecule has 0 radical (unpaired) electrons. The van der Waals surface area contributed by atoms with Crippen molar-refractivity contribution in [1.29, 1.82) is 0 Å². The third-order valence-corrected chi connectivity index (χ3v) is 1.98. The average Bonchev–Trinajstić information content (AvgIpc) is 2.09. The van der Waals surface area contributed by atoms with Gasteiger partial charge in [0.05, 0.1) is 6.10 Å². The Bertz CT molecular complexity index is 219. The number of carbonyl (C=O) groups excluding carboxylic acids is 1. The van der Waals surface area contributed by atoms with E-state index >= 15 is 0 Å². The number of hydrogen-bond donors (Lipinski definition) is 1. The van der Waals surface area contributed by atoms with Gasteiger partial charge in [-0.2, -0.15) is 0 Å². The summed E-state index contributed by atoms with van der Waals surface area (Å²) in [5.74, 6) is -0.312. The Morgan fingerprint density at radius 2 is 2.13 bits per heavy atom. The summed E-state index contributed by atoms with van der Waals surface area (Å²) in [4.78, 5) is 10.8. The van der Waals surface area contributed by atoms with Crippen molar-refractivity contribution in [3.05, 3.63) is 12.2 Å². The molecule has 0 amide bonds. The first-order chi connectivity index (χ1) is 6.87. The summed E-state index contributed by atoms with van der Waals surface area (Å²) in [5.41, 5.74) is -0.640. The lowest BCUT2D eigenvalue weighted by atomic mass is 10.1. The van der Waals surface area contributed by atoms with Gasteiger partial charge in [0.15, 0.2) is 0 Å². The van der Waals surface area contributed by atoms with Crippen molar-refractivity contribution >= 4 is 5.97 Å². The zero-order valence-electron chi connectivity index (χ0n) is 10.1. The van der Waals surface area contributed by atoms with Crippen LogP contribution < -0.4 is 0 Å². The van der Waals surface area contributed by atoms with E-state index in [1.165, 1.54) is 6.92 Å². The normalized spacial score (nSPS) is 14.2. The van der Waals surface area contributed by atoms with E-state index < -0.39 is 11.7 Å². The van der Waals surface area contributed by atoms with E-state index in [-0.39, 0.29) is 5.97 Å². The Kier molecular flexibility index (Phi) is 6.25. The molecule has 0 aliphatic heterocycles. The molecule has 0 aromatic heterocycles. The molecule has 1 atom stereocenters. The molecule has 15 heavy (non-hydrogen) atoms. The molecule has 0 bridgehead atoms. The second-order valence-electron chi connectivity index (χ2n) is 4.27. The number of carbonyl (C=O) groups is 1. The predicted octanol–water partition coefficient (Wildman–Crippen LogP) is 2.44. The van der Waals surface area contributed by atoms with Gasteiger partial charge in [-0.1, -0.05) is 25.8 Å². The van der Waals surface area contributed by atoms with E-state index in [4.69, 9.17) is 4.74 Å². The van der Waals surface area contributed by atoms with Crippen LogP contribution in [-0.2, 0) is 9.53 Å². The molecule has 0 saturated heterocycles. The molecular formula is C12H22O3. The smallest absolute Gasteiger partial charge is 0.303 e. The number of rotatable bonds is 6. The van der Waals surface area contributed by atoms with Gasteiger partial charge in [0.25, 0.3) is 0 Å². The summed E-state index contributed by atoms with van der Waals surface area (Å²) in [6.07, 6.45) is 5.80. The van der Waals surface area contributed by atoms with Crippen LogP contribution in [0, 0.1) is 0 Å². The average molecular weight is 214 g/mol. The molecule has 0 aromatic rings. The molecular weight excluding hydrogens is 192 g/mol. The molecule has 1 N–H and O–H groups in total. The maximum atomic E-state index is 10.8. The maximum Gasteiger partial charge on any atom is 0.303 e. The molecule has 3 heteroatoms. The van der Waals surface area contributed by atoms with Gasteiger partial charge in [-0.05, 0) is 26.3 Å². The third-order valence-electron chi connectivity index (χ3n) is 1.98. The molecule has 0 spiro atoms. The summed E-state index contributed by atoms with van der Waals surface area (Å²) < 4.78 is 5.06. The second kappa shape index (κ2) is 6.62. The highest BCUT2D eigenvalue weighted by molar-refractivity contribution is 5.66. The molecule has 1 unspecified atom stereocenters. The van der Waals surface area contributed by atoms with Crippen LogP contribution in [0.2, 0.25) is 0 Å². The van der Waals surface area contributed by atoms with Crippen molar-refractivity contribution in [1.82, 2.24) is 0 Å². The molecule has 0 saturated carbocycles. The van der Waals surface area contributed by atoms with Gasteiger partial charge in [-0.3, -0.25) is 4.79 Å². The molecule has 0 aliphatic carbocycles. The number of aliphatic hydroxyl groups excluding tert-OH is 1. The van der Waals surface area contributed by atoms with Gasteiger partial charge < -0.3 is 9.84 Å². The maximum absolute atomic E-state index is 10.8. The lowest BCUT2D eigenvalue weighted by Gasteiger charge is -2.20. The zero-order chi connectivity index (χ0) is 11.9. The summed E-state index contributed by atoms with van der Waals surface area (Å²) in [6.45, 7) is 7.04. The van der Waals surface area contributed by atoms with E-state index in [1.54, 1.807) is 26.0 Å².